The van der Waals surface area contributed by atoms with Crippen LogP contribution in [0.15, 0.2) is 70.4 Å². The Bertz CT molecular complexity index is 1430. The van der Waals surface area contributed by atoms with Gasteiger partial charge in [0.1, 0.15) is 5.52 Å². The summed E-state index contributed by atoms with van der Waals surface area (Å²) < 4.78 is 41.2. The summed E-state index contributed by atoms with van der Waals surface area (Å²) in [5.74, 6) is -0.759. The number of benzene rings is 2. The van der Waals surface area contributed by atoms with Gasteiger partial charge in [0.05, 0.1) is 23.2 Å². The van der Waals surface area contributed by atoms with E-state index in [1.54, 1.807) is 24.3 Å². The van der Waals surface area contributed by atoms with Crippen LogP contribution in [0.5, 0.6) is 0 Å². The van der Waals surface area contributed by atoms with Crippen LogP contribution in [-0.2, 0) is 19.8 Å². The molecular formula is C22H17F3N4O3. The van der Waals surface area contributed by atoms with Crippen LogP contribution >= 0.6 is 0 Å². The molecular weight excluding hydrogens is 425 g/mol. The molecule has 164 valence electrons. The first-order valence-corrected chi connectivity index (χ1v) is 9.50. The number of hydrogen-bond donors (Lipinski definition) is 2. The van der Waals surface area contributed by atoms with Crippen molar-refractivity contribution < 1.29 is 18.0 Å². The fraction of sp³-hybridized carbons (Fsp3) is 0.136. The van der Waals surface area contributed by atoms with Crippen molar-refractivity contribution in [2.75, 3.05) is 5.32 Å². The Labute approximate surface area is 178 Å². The number of nitrogens with zero attached hydrogens (tertiary/aromatic N) is 2. The standard InChI is InChI=1S/C22H17F3N4O3/c1-28-12-16(19(30)26-15-9-5-8-14(10-15)22(23,24)25)17-18(28)20(31)29(21(32)27-17)11-13-6-3-2-4-7-13/h2-10,12H,11H2,1H3,(H,26,30)(H,27,32). The third-order valence-electron chi connectivity index (χ3n) is 4.98. The SMILES string of the molecule is Cn1cc(C(=O)Nc2cccc(C(F)(F)F)c2)c2[nH]c(=O)n(Cc3ccccc3)c(=O)c21. The van der Waals surface area contributed by atoms with E-state index in [4.69, 9.17) is 0 Å². The third kappa shape index (κ3) is 3.94. The number of carbonyl (C=O) groups is 1. The van der Waals surface area contributed by atoms with Gasteiger partial charge in [-0.2, -0.15) is 13.2 Å². The van der Waals surface area contributed by atoms with Gasteiger partial charge in [0, 0.05) is 18.9 Å². The van der Waals surface area contributed by atoms with Gasteiger partial charge >= 0.3 is 11.9 Å². The summed E-state index contributed by atoms with van der Waals surface area (Å²) >= 11 is 0. The molecule has 0 unspecified atom stereocenters. The molecule has 0 fully saturated rings. The summed E-state index contributed by atoms with van der Waals surface area (Å²) in [6.45, 7) is 0.0435. The van der Waals surface area contributed by atoms with Gasteiger partial charge in [0.25, 0.3) is 11.5 Å². The Hall–Kier alpha value is -4.08. The molecule has 0 aliphatic heterocycles. The molecule has 0 aliphatic rings. The molecule has 4 aromatic rings. The van der Waals surface area contributed by atoms with Crippen LogP contribution in [0.25, 0.3) is 11.0 Å². The van der Waals surface area contributed by atoms with Gasteiger partial charge in [-0.3, -0.25) is 14.2 Å². The second-order valence-electron chi connectivity index (χ2n) is 7.22. The number of fused-ring (bicyclic) bond motifs is 1. The van der Waals surface area contributed by atoms with Crippen LogP contribution in [0.1, 0.15) is 21.5 Å². The van der Waals surface area contributed by atoms with Crippen LogP contribution < -0.4 is 16.6 Å². The summed E-state index contributed by atoms with van der Waals surface area (Å²) in [5, 5.41) is 2.39. The maximum Gasteiger partial charge on any atom is 0.416 e. The van der Waals surface area contributed by atoms with Gasteiger partial charge in [0.15, 0.2) is 0 Å². The molecule has 2 aromatic carbocycles. The van der Waals surface area contributed by atoms with Gasteiger partial charge in [0.2, 0.25) is 0 Å². The maximum absolute atomic E-state index is 13.0. The number of H-pyrrole nitrogens is 1. The fourth-order valence-electron chi connectivity index (χ4n) is 3.46. The monoisotopic (exact) mass is 442 g/mol. The lowest BCUT2D eigenvalue weighted by Crippen LogP contribution is -2.36. The lowest BCUT2D eigenvalue weighted by Gasteiger charge is -2.09. The van der Waals surface area contributed by atoms with Crippen molar-refractivity contribution in [3.05, 3.63) is 98.3 Å². The minimum Gasteiger partial charge on any atom is -0.344 e. The normalized spacial score (nSPS) is 11.6. The van der Waals surface area contributed by atoms with Crippen LogP contribution in [0.3, 0.4) is 0 Å². The molecule has 32 heavy (non-hydrogen) atoms. The van der Waals surface area contributed by atoms with Gasteiger partial charge in [-0.1, -0.05) is 36.4 Å². The largest absolute Gasteiger partial charge is 0.416 e. The molecule has 2 N–H and O–H groups in total. The van der Waals surface area contributed by atoms with E-state index in [-0.39, 0.29) is 28.8 Å². The zero-order chi connectivity index (χ0) is 23.0. The maximum atomic E-state index is 13.0. The molecule has 1 amide bonds. The van der Waals surface area contributed by atoms with Crippen molar-refractivity contribution in [2.45, 2.75) is 12.7 Å². The van der Waals surface area contributed by atoms with Crippen molar-refractivity contribution in [1.29, 1.82) is 0 Å². The lowest BCUT2D eigenvalue weighted by molar-refractivity contribution is -0.137. The lowest BCUT2D eigenvalue weighted by atomic mass is 10.2. The highest BCUT2D eigenvalue weighted by Crippen LogP contribution is 2.30. The average Bonchev–Trinajstić information content (AvgIpc) is 3.07. The molecule has 0 bridgehead atoms. The number of carbonyl (C=O) groups excluding carboxylic acids is 1. The minimum absolute atomic E-state index is 0.0105. The molecule has 0 atom stereocenters. The van der Waals surface area contributed by atoms with Crippen molar-refractivity contribution in [3.63, 3.8) is 0 Å². The highest BCUT2D eigenvalue weighted by molar-refractivity contribution is 6.11. The van der Waals surface area contributed by atoms with Crippen molar-refractivity contribution in [1.82, 2.24) is 14.1 Å². The Morgan fingerprint density at radius 1 is 1.06 bits per heavy atom. The smallest absolute Gasteiger partial charge is 0.344 e. The minimum atomic E-state index is -4.56. The van der Waals surface area contributed by atoms with E-state index >= 15 is 0 Å². The van der Waals surface area contributed by atoms with E-state index < -0.39 is 28.9 Å². The van der Waals surface area contributed by atoms with E-state index in [1.807, 2.05) is 6.07 Å². The van der Waals surface area contributed by atoms with Crippen molar-refractivity contribution >= 4 is 22.6 Å². The molecule has 7 nitrogen and oxygen atoms in total. The van der Waals surface area contributed by atoms with E-state index in [9.17, 15) is 27.6 Å². The predicted molar refractivity (Wildman–Crippen MR) is 113 cm³/mol. The van der Waals surface area contributed by atoms with Gasteiger partial charge in [-0.25, -0.2) is 4.79 Å². The van der Waals surface area contributed by atoms with Gasteiger partial charge in [-0.15, -0.1) is 0 Å². The van der Waals surface area contributed by atoms with Crippen LogP contribution in [-0.4, -0.2) is 20.0 Å². The molecule has 0 saturated carbocycles. The number of amides is 1. The number of hydrogen-bond acceptors (Lipinski definition) is 3. The van der Waals surface area contributed by atoms with E-state index in [2.05, 4.69) is 10.3 Å². The zero-order valence-electron chi connectivity index (χ0n) is 16.7. The molecule has 0 saturated heterocycles. The Morgan fingerprint density at radius 2 is 1.78 bits per heavy atom. The predicted octanol–water partition coefficient (Wildman–Crippen LogP) is 3.35. The van der Waals surface area contributed by atoms with E-state index in [1.165, 1.54) is 29.9 Å². The number of alkyl halides is 3. The highest BCUT2D eigenvalue weighted by atomic mass is 19.4. The fourth-order valence-corrected chi connectivity index (χ4v) is 3.46. The second-order valence-corrected chi connectivity index (χ2v) is 7.22. The first kappa shape index (κ1) is 21.2. The second kappa shape index (κ2) is 7.88. The molecule has 2 heterocycles. The number of rotatable bonds is 4. The number of halogens is 3. The summed E-state index contributed by atoms with van der Waals surface area (Å²) in [6, 6.07) is 13.1. The summed E-state index contributed by atoms with van der Waals surface area (Å²) in [4.78, 5) is 40.9. The molecule has 2 aromatic heterocycles. The zero-order valence-corrected chi connectivity index (χ0v) is 16.7. The Balaban J connectivity index is 1.73. The average molecular weight is 442 g/mol. The number of aromatic amines is 1. The number of nitrogens with one attached hydrogen (secondary N) is 2. The van der Waals surface area contributed by atoms with Crippen molar-refractivity contribution in [3.8, 4) is 0 Å². The summed E-state index contributed by atoms with van der Waals surface area (Å²) in [6.07, 6.45) is -3.22. The number of anilines is 1. The molecule has 10 heteroatoms. The summed E-state index contributed by atoms with van der Waals surface area (Å²) in [7, 11) is 1.54. The summed E-state index contributed by atoms with van der Waals surface area (Å²) in [5.41, 5.74) is -1.46. The van der Waals surface area contributed by atoms with Crippen molar-refractivity contribution in [2.24, 2.45) is 7.05 Å². The van der Waals surface area contributed by atoms with E-state index in [0.29, 0.717) is 0 Å². The quantitative estimate of drug-likeness (QED) is 0.508. The molecule has 4 rings (SSSR count). The molecule has 0 aliphatic carbocycles. The third-order valence-corrected chi connectivity index (χ3v) is 4.98. The van der Waals surface area contributed by atoms with Crippen LogP contribution in [0, 0.1) is 0 Å². The van der Waals surface area contributed by atoms with Crippen LogP contribution in [0.2, 0.25) is 0 Å². The Morgan fingerprint density at radius 3 is 2.47 bits per heavy atom. The van der Waals surface area contributed by atoms with E-state index in [0.717, 1.165) is 22.3 Å². The first-order chi connectivity index (χ1) is 15.1. The van der Waals surface area contributed by atoms with Gasteiger partial charge < -0.3 is 14.9 Å². The van der Waals surface area contributed by atoms with Crippen LogP contribution in [0.4, 0.5) is 18.9 Å². The Kier molecular flexibility index (Phi) is 5.21. The number of aromatic nitrogens is 3. The topological polar surface area (TPSA) is 88.9 Å². The number of aryl methyl sites for hydroxylation is 1. The first-order valence-electron chi connectivity index (χ1n) is 9.50. The highest BCUT2D eigenvalue weighted by Gasteiger charge is 2.30. The molecule has 0 radical (unpaired) electrons. The van der Waals surface area contributed by atoms with Gasteiger partial charge in [-0.05, 0) is 23.8 Å². The molecule has 0 spiro atoms.